The van der Waals surface area contributed by atoms with Gasteiger partial charge in [0.1, 0.15) is 17.1 Å². The van der Waals surface area contributed by atoms with E-state index in [1.807, 2.05) is 11.8 Å². The highest BCUT2D eigenvalue weighted by molar-refractivity contribution is 8.06. The van der Waals surface area contributed by atoms with Gasteiger partial charge in [0.05, 0.1) is 5.25 Å². The van der Waals surface area contributed by atoms with E-state index in [1.165, 1.54) is 12.1 Å². The molecular formula is C12H12N2O3S2. The summed E-state index contributed by atoms with van der Waals surface area (Å²) in [6, 6.07) is 4.51. The van der Waals surface area contributed by atoms with Gasteiger partial charge in [-0.25, -0.2) is 0 Å². The van der Waals surface area contributed by atoms with Crippen molar-refractivity contribution in [2.24, 2.45) is 0 Å². The summed E-state index contributed by atoms with van der Waals surface area (Å²) in [5.74, 6) is 3.81. The van der Waals surface area contributed by atoms with E-state index in [1.54, 1.807) is 17.8 Å². The number of phenolic OH excluding ortho intramolecular Hbond substituents is 2. The average Bonchev–Trinajstić information content (AvgIpc) is 2.89. The van der Waals surface area contributed by atoms with E-state index < -0.39 is 0 Å². The third kappa shape index (κ3) is 2.52. The summed E-state index contributed by atoms with van der Waals surface area (Å²) in [6.07, 6.45) is 0. The molecule has 7 heteroatoms. The van der Waals surface area contributed by atoms with Gasteiger partial charge in [-0.2, -0.15) is 16.7 Å². The van der Waals surface area contributed by atoms with Crippen LogP contribution in [0.2, 0.25) is 0 Å². The lowest BCUT2D eigenvalue weighted by Gasteiger charge is -2.16. The van der Waals surface area contributed by atoms with Crippen molar-refractivity contribution in [2.75, 3.05) is 17.3 Å². The molecule has 1 unspecified atom stereocenters. The molecule has 100 valence electrons. The molecule has 5 nitrogen and oxygen atoms in total. The summed E-state index contributed by atoms with van der Waals surface area (Å²) < 4.78 is 5.16. The Bertz CT molecular complexity index is 562. The molecule has 1 aromatic carbocycles. The van der Waals surface area contributed by atoms with Crippen molar-refractivity contribution < 1.29 is 14.7 Å². The zero-order valence-corrected chi connectivity index (χ0v) is 11.6. The first kappa shape index (κ1) is 12.7. The molecule has 1 fully saturated rings. The highest BCUT2D eigenvalue weighted by Crippen LogP contribution is 2.39. The van der Waals surface area contributed by atoms with E-state index in [-0.39, 0.29) is 28.2 Å². The van der Waals surface area contributed by atoms with Gasteiger partial charge in [0.15, 0.2) is 5.82 Å². The molecule has 2 N–H and O–H groups in total. The molecule has 2 aromatic rings. The fourth-order valence-corrected chi connectivity index (χ4v) is 4.44. The molecule has 0 saturated carbocycles. The number of hydrogen-bond donors (Lipinski definition) is 2. The largest absolute Gasteiger partial charge is 0.507 e. The molecule has 0 radical (unpaired) electrons. The van der Waals surface area contributed by atoms with Crippen LogP contribution in [0.5, 0.6) is 11.5 Å². The van der Waals surface area contributed by atoms with Gasteiger partial charge < -0.3 is 14.7 Å². The molecule has 0 amide bonds. The maximum absolute atomic E-state index is 9.77. The molecule has 3 rings (SSSR count). The van der Waals surface area contributed by atoms with Gasteiger partial charge >= 0.3 is 0 Å². The minimum Gasteiger partial charge on any atom is -0.507 e. The first-order valence-electron chi connectivity index (χ1n) is 5.80. The minimum absolute atomic E-state index is 0.0686. The number of thioether (sulfide) groups is 2. The van der Waals surface area contributed by atoms with E-state index >= 15 is 0 Å². The summed E-state index contributed by atoms with van der Waals surface area (Å²) >= 11 is 3.67. The lowest BCUT2D eigenvalue weighted by atomic mass is 10.2. The summed E-state index contributed by atoms with van der Waals surface area (Å²) in [7, 11) is 0. The van der Waals surface area contributed by atoms with E-state index in [2.05, 4.69) is 10.1 Å². The van der Waals surface area contributed by atoms with Crippen LogP contribution in [0, 0.1) is 0 Å². The molecule has 2 heterocycles. The lowest BCUT2D eigenvalue weighted by molar-refractivity contribution is 0.410. The molecule has 1 atom stereocenters. The topological polar surface area (TPSA) is 79.4 Å². The SMILES string of the molecule is Oc1cccc(O)c1-c1nc(C2CSCCS2)no1. The second-order valence-corrected chi connectivity index (χ2v) is 6.52. The molecule has 1 aliphatic heterocycles. The minimum atomic E-state index is -0.0686. The van der Waals surface area contributed by atoms with Gasteiger partial charge in [-0.05, 0) is 12.1 Å². The number of aromatic nitrogens is 2. The van der Waals surface area contributed by atoms with Crippen LogP contribution < -0.4 is 0 Å². The normalized spacial score (nSPS) is 19.5. The van der Waals surface area contributed by atoms with Gasteiger partial charge in [-0.1, -0.05) is 11.2 Å². The van der Waals surface area contributed by atoms with Crippen LogP contribution in [-0.2, 0) is 0 Å². The third-order valence-electron chi connectivity index (χ3n) is 2.78. The Labute approximate surface area is 118 Å². The lowest BCUT2D eigenvalue weighted by Crippen LogP contribution is -2.07. The monoisotopic (exact) mass is 296 g/mol. The summed E-state index contributed by atoms with van der Waals surface area (Å²) in [6.45, 7) is 0. The van der Waals surface area contributed by atoms with Gasteiger partial charge in [-0.3, -0.25) is 0 Å². The maximum Gasteiger partial charge on any atom is 0.265 e. The van der Waals surface area contributed by atoms with Crippen LogP contribution in [0.3, 0.4) is 0 Å². The van der Waals surface area contributed by atoms with Crippen molar-refractivity contribution in [1.29, 1.82) is 0 Å². The zero-order valence-electron chi connectivity index (χ0n) is 9.94. The predicted octanol–water partition coefficient (Wildman–Crippen LogP) is 2.67. The first-order chi connectivity index (χ1) is 9.25. The summed E-state index contributed by atoms with van der Waals surface area (Å²) in [5, 5.41) is 23.7. The number of phenols is 2. The van der Waals surface area contributed by atoms with E-state index in [0.29, 0.717) is 5.82 Å². The van der Waals surface area contributed by atoms with E-state index in [0.717, 1.165) is 17.3 Å². The van der Waals surface area contributed by atoms with Crippen molar-refractivity contribution in [1.82, 2.24) is 10.1 Å². The van der Waals surface area contributed by atoms with Gasteiger partial charge in [0.2, 0.25) is 0 Å². The average molecular weight is 296 g/mol. The number of rotatable bonds is 2. The fraction of sp³-hybridized carbons (Fsp3) is 0.333. The first-order valence-corrected chi connectivity index (χ1v) is 8.00. The van der Waals surface area contributed by atoms with E-state index in [4.69, 9.17) is 4.52 Å². The number of aromatic hydroxyl groups is 2. The van der Waals surface area contributed by atoms with Crippen molar-refractivity contribution >= 4 is 23.5 Å². The van der Waals surface area contributed by atoms with Crippen LogP contribution in [-0.4, -0.2) is 37.6 Å². The summed E-state index contributed by atoms with van der Waals surface area (Å²) in [5.41, 5.74) is 0.190. The molecule has 1 aromatic heterocycles. The predicted molar refractivity (Wildman–Crippen MR) is 75.6 cm³/mol. The molecule has 1 aliphatic rings. The quantitative estimate of drug-likeness (QED) is 0.882. The highest BCUT2D eigenvalue weighted by Gasteiger charge is 2.24. The Balaban J connectivity index is 1.92. The number of hydrogen-bond acceptors (Lipinski definition) is 7. The van der Waals surface area contributed by atoms with E-state index in [9.17, 15) is 10.2 Å². The van der Waals surface area contributed by atoms with Gasteiger partial charge in [0.25, 0.3) is 5.89 Å². The van der Waals surface area contributed by atoms with Gasteiger partial charge in [-0.15, -0.1) is 11.8 Å². The van der Waals surface area contributed by atoms with Crippen molar-refractivity contribution in [3.8, 4) is 23.0 Å². The Hall–Kier alpha value is -1.34. The van der Waals surface area contributed by atoms with Crippen LogP contribution in [0.1, 0.15) is 11.1 Å². The Kier molecular flexibility index (Phi) is 3.56. The molecule has 0 aliphatic carbocycles. The second-order valence-electron chi connectivity index (χ2n) is 4.06. The zero-order chi connectivity index (χ0) is 13.2. The van der Waals surface area contributed by atoms with Crippen LogP contribution in [0.4, 0.5) is 0 Å². The fourth-order valence-electron chi connectivity index (χ4n) is 1.85. The smallest absolute Gasteiger partial charge is 0.265 e. The Morgan fingerprint density at radius 2 is 2.00 bits per heavy atom. The van der Waals surface area contributed by atoms with Crippen molar-refractivity contribution in [2.45, 2.75) is 5.25 Å². The molecule has 1 saturated heterocycles. The standard InChI is InChI=1S/C12H12N2O3S2/c15-7-2-1-3-8(16)10(7)12-13-11(14-17-12)9-6-18-4-5-19-9/h1-3,9,15-16H,4-6H2. The van der Waals surface area contributed by atoms with Crippen molar-refractivity contribution in [3.63, 3.8) is 0 Å². The highest BCUT2D eigenvalue weighted by atomic mass is 32.2. The number of benzene rings is 1. The molecular weight excluding hydrogens is 284 g/mol. The Morgan fingerprint density at radius 1 is 1.21 bits per heavy atom. The molecule has 0 bridgehead atoms. The van der Waals surface area contributed by atoms with Gasteiger partial charge in [0, 0.05) is 17.3 Å². The van der Waals surface area contributed by atoms with Crippen LogP contribution >= 0.6 is 23.5 Å². The number of nitrogens with zero attached hydrogens (tertiary/aromatic N) is 2. The third-order valence-corrected chi connectivity index (χ3v) is 5.53. The maximum atomic E-state index is 9.77. The second kappa shape index (κ2) is 5.34. The van der Waals surface area contributed by atoms with Crippen LogP contribution in [0.25, 0.3) is 11.5 Å². The summed E-state index contributed by atoms with van der Waals surface area (Å²) in [4.78, 5) is 4.29. The van der Waals surface area contributed by atoms with Crippen molar-refractivity contribution in [3.05, 3.63) is 24.0 Å². The molecule has 19 heavy (non-hydrogen) atoms. The molecule has 0 spiro atoms. The Morgan fingerprint density at radius 3 is 2.68 bits per heavy atom. The van der Waals surface area contributed by atoms with Crippen LogP contribution in [0.15, 0.2) is 22.7 Å².